The molecule has 0 amide bonds. The van der Waals surface area contributed by atoms with E-state index in [0.29, 0.717) is 35.8 Å². The predicted molar refractivity (Wildman–Crippen MR) is 160 cm³/mol. The van der Waals surface area contributed by atoms with Gasteiger partial charge in [0.2, 0.25) is 0 Å². The summed E-state index contributed by atoms with van der Waals surface area (Å²) in [4.78, 5) is 34.0. The van der Waals surface area contributed by atoms with Gasteiger partial charge in [-0.3, -0.25) is 9.69 Å². The van der Waals surface area contributed by atoms with E-state index in [1.807, 2.05) is 44.0 Å². The first-order valence-corrected chi connectivity index (χ1v) is 14.2. The van der Waals surface area contributed by atoms with Gasteiger partial charge in [0.1, 0.15) is 18.1 Å². The standard InChI is InChI=1S/C26H29F2N3O3.C5H10N2O/c1-18(2)24(29-3)30-33-17-31-12-10-25(11-13-31)26(27,28)15-22-14-21(8-9-23(22)34-25)20-6-4-19(16-32)5-7-20;1-7-3-2-5(4-7)6-8/h4-9,14,16,18H,3,10-13,15,17H2,1-2H3;5H,2-4H2,1H3/b30-24-;. The number of benzene rings is 2. The fraction of sp³-hybridized carbons (Fsp3) is 0.516. The molecule has 1 atom stereocenters. The fourth-order valence-corrected chi connectivity index (χ4v) is 5.44. The maximum absolute atomic E-state index is 15.4. The highest BCUT2D eigenvalue weighted by Gasteiger charge is 2.59. The number of hydrogen-bond donors (Lipinski definition) is 0. The first kappa shape index (κ1) is 31.4. The summed E-state index contributed by atoms with van der Waals surface area (Å²) in [5.41, 5.74) is 1.21. The van der Waals surface area contributed by atoms with Gasteiger partial charge in [0.05, 0.1) is 0 Å². The minimum absolute atomic E-state index is 0.0694. The first-order valence-electron chi connectivity index (χ1n) is 14.2. The molecule has 11 heteroatoms. The highest BCUT2D eigenvalue weighted by atomic mass is 19.3. The summed E-state index contributed by atoms with van der Waals surface area (Å²) >= 11 is 0. The minimum atomic E-state index is -3.00. The summed E-state index contributed by atoms with van der Waals surface area (Å²) in [5.74, 6) is -1.89. The van der Waals surface area contributed by atoms with Crippen molar-refractivity contribution in [2.24, 2.45) is 21.2 Å². The van der Waals surface area contributed by atoms with E-state index in [-0.39, 0.29) is 38.0 Å². The molecule has 2 aromatic rings. The number of aliphatic imine (C=N–C) groups is 1. The molecule has 0 aliphatic carbocycles. The van der Waals surface area contributed by atoms with Crippen LogP contribution in [0.25, 0.3) is 11.1 Å². The highest BCUT2D eigenvalue weighted by molar-refractivity contribution is 5.87. The Balaban J connectivity index is 0.000000437. The monoisotopic (exact) mass is 583 g/mol. The summed E-state index contributed by atoms with van der Waals surface area (Å²) in [6.45, 7) is 10.3. The Morgan fingerprint density at radius 1 is 1.14 bits per heavy atom. The van der Waals surface area contributed by atoms with E-state index in [4.69, 9.17) is 9.57 Å². The molecule has 2 aromatic carbocycles. The van der Waals surface area contributed by atoms with Gasteiger partial charge in [0.15, 0.2) is 18.2 Å². The Morgan fingerprint density at radius 2 is 1.83 bits per heavy atom. The van der Waals surface area contributed by atoms with Gasteiger partial charge in [-0.15, -0.1) is 0 Å². The van der Waals surface area contributed by atoms with Gasteiger partial charge in [-0.2, -0.15) is 4.91 Å². The number of amidine groups is 1. The smallest absolute Gasteiger partial charge is 0.291 e. The second kappa shape index (κ2) is 13.6. The average molecular weight is 584 g/mol. The normalized spacial score (nSPS) is 21.6. The molecule has 5 rings (SSSR count). The van der Waals surface area contributed by atoms with Crippen molar-refractivity contribution in [1.82, 2.24) is 9.80 Å². The van der Waals surface area contributed by atoms with Crippen LogP contribution < -0.4 is 4.74 Å². The Morgan fingerprint density at radius 3 is 2.38 bits per heavy atom. The molecule has 9 nitrogen and oxygen atoms in total. The SMILES string of the molecule is C=N/C(=N\OCN1CCC2(CC1)Oc1ccc(-c3ccc(C=O)cc3)cc1CC2(F)F)C(C)C.CN1CCC(N=O)C1. The lowest BCUT2D eigenvalue weighted by Crippen LogP contribution is -2.61. The van der Waals surface area contributed by atoms with Gasteiger partial charge in [-0.25, -0.2) is 13.8 Å². The second-order valence-corrected chi connectivity index (χ2v) is 11.5. The van der Waals surface area contributed by atoms with Crippen LogP contribution in [0.5, 0.6) is 5.75 Å². The van der Waals surface area contributed by atoms with Crippen LogP contribution in [-0.2, 0) is 11.3 Å². The molecule has 0 saturated carbocycles. The quantitative estimate of drug-likeness (QED) is 0.137. The van der Waals surface area contributed by atoms with Crippen LogP contribution >= 0.6 is 0 Å². The molecule has 3 aliphatic rings. The zero-order chi connectivity index (χ0) is 30.3. The van der Waals surface area contributed by atoms with Crippen molar-refractivity contribution < 1.29 is 23.1 Å². The van der Waals surface area contributed by atoms with Gasteiger partial charge in [-0.05, 0) is 43.4 Å². The van der Waals surface area contributed by atoms with Gasteiger partial charge >= 0.3 is 0 Å². The van der Waals surface area contributed by atoms with Crippen molar-refractivity contribution in [2.45, 2.75) is 57.1 Å². The van der Waals surface area contributed by atoms with E-state index in [9.17, 15) is 9.70 Å². The molecule has 1 spiro atoms. The minimum Gasteiger partial charge on any atom is -0.481 e. The molecule has 0 radical (unpaired) electrons. The van der Waals surface area contributed by atoms with E-state index in [1.54, 1.807) is 24.3 Å². The van der Waals surface area contributed by atoms with Crippen LogP contribution in [0.1, 0.15) is 49.0 Å². The van der Waals surface area contributed by atoms with E-state index in [2.05, 4.69) is 26.9 Å². The maximum Gasteiger partial charge on any atom is 0.291 e. The number of oxime groups is 1. The first-order chi connectivity index (χ1) is 20.1. The van der Waals surface area contributed by atoms with E-state index in [0.717, 1.165) is 36.9 Å². The zero-order valence-electron chi connectivity index (χ0n) is 24.5. The van der Waals surface area contributed by atoms with Crippen molar-refractivity contribution in [2.75, 3.05) is 40.0 Å². The van der Waals surface area contributed by atoms with Crippen LogP contribution in [0.15, 0.2) is 57.8 Å². The van der Waals surface area contributed by atoms with Crippen LogP contribution in [0.3, 0.4) is 0 Å². The van der Waals surface area contributed by atoms with Gasteiger partial charge in [0.25, 0.3) is 5.92 Å². The Hall–Kier alpha value is -3.57. The molecule has 2 fully saturated rings. The molecule has 0 bridgehead atoms. The number of likely N-dealkylation sites (N-methyl/N-ethyl adjacent to an activating group) is 1. The van der Waals surface area contributed by atoms with E-state index >= 15 is 8.78 Å². The van der Waals surface area contributed by atoms with Crippen molar-refractivity contribution in [3.05, 3.63) is 58.5 Å². The summed E-state index contributed by atoms with van der Waals surface area (Å²) in [6.07, 6.45) is 1.74. The number of piperidine rings is 1. The summed E-state index contributed by atoms with van der Waals surface area (Å²) in [5, 5.41) is 6.94. The number of carbonyl (C=O) groups is 1. The largest absolute Gasteiger partial charge is 0.481 e. The molecule has 1 unspecified atom stereocenters. The number of rotatable bonds is 7. The summed E-state index contributed by atoms with van der Waals surface area (Å²) in [7, 11) is 2.01. The Bertz CT molecular complexity index is 1280. The third-order valence-electron chi connectivity index (χ3n) is 8.08. The number of likely N-dealkylation sites (tertiary alicyclic amines) is 2. The molecule has 3 aliphatic heterocycles. The average Bonchev–Trinajstić information content (AvgIpc) is 3.42. The predicted octanol–water partition coefficient (Wildman–Crippen LogP) is 5.67. The lowest BCUT2D eigenvalue weighted by Gasteiger charge is -2.48. The van der Waals surface area contributed by atoms with Crippen LogP contribution in [0.4, 0.5) is 8.78 Å². The lowest BCUT2D eigenvalue weighted by molar-refractivity contribution is -0.199. The van der Waals surface area contributed by atoms with Crippen LogP contribution in [0.2, 0.25) is 0 Å². The number of alkyl halides is 2. The summed E-state index contributed by atoms with van der Waals surface area (Å²) < 4.78 is 36.9. The second-order valence-electron chi connectivity index (χ2n) is 11.5. The van der Waals surface area contributed by atoms with Crippen LogP contribution in [-0.4, -0.2) is 86.2 Å². The van der Waals surface area contributed by atoms with Crippen LogP contribution in [0, 0.1) is 10.8 Å². The van der Waals surface area contributed by atoms with Gasteiger partial charge in [0, 0.05) is 62.5 Å². The molecule has 226 valence electrons. The molecule has 0 aromatic heterocycles. The third kappa shape index (κ3) is 7.25. The number of halogens is 2. The van der Waals surface area contributed by atoms with Crippen molar-refractivity contribution >= 4 is 18.8 Å². The van der Waals surface area contributed by atoms with Crippen molar-refractivity contribution in [1.29, 1.82) is 0 Å². The topological polar surface area (TPSA) is 96.2 Å². The van der Waals surface area contributed by atoms with Crippen molar-refractivity contribution in [3.63, 3.8) is 0 Å². The molecular weight excluding hydrogens is 544 g/mol. The number of ether oxygens (including phenoxy) is 1. The Kier molecular flexibility index (Phi) is 10.2. The lowest BCUT2D eigenvalue weighted by atomic mass is 9.79. The van der Waals surface area contributed by atoms with Crippen molar-refractivity contribution in [3.8, 4) is 16.9 Å². The van der Waals surface area contributed by atoms with Gasteiger partial charge < -0.3 is 14.5 Å². The number of aldehydes is 1. The number of carbonyl (C=O) groups excluding carboxylic acids is 1. The third-order valence-corrected chi connectivity index (χ3v) is 8.08. The molecule has 0 N–H and O–H groups in total. The maximum atomic E-state index is 15.4. The van der Waals surface area contributed by atoms with E-state index < -0.39 is 11.5 Å². The zero-order valence-corrected chi connectivity index (χ0v) is 24.5. The highest BCUT2D eigenvalue weighted by Crippen LogP contribution is 2.49. The number of nitroso groups, excluding NO2 is 1. The summed E-state index contributed by atoms with van der Waals surface area (Å²) in [6, 6.07) is 12.5. The Labute approximate surface area is 245 Å². The van der Waals surface area contributed by atoms with E-state index in [1.165, 1.54) is 0 Å². The number of hydrogen-bond acceptors (Lipinski definition) is 8. The number of fused-ring (bicyclic) bond motifs is 1. The number of nitrogens with zero attached hydrogens (tertiary/aromatic N) is 5. The molecule has 42 heavy (non-hydrogen) atoms. The van der Waals surface area contributed by atoms with Gasteiger partial charge in [-0.1, -0.05) is 54.5 Å². The molecule has 3 heterocycles. The molecular formula is C31H39F2N5O4. The molecule has 2 saturated heterocycles. The fourth-order valence-electron chi connectivity index (χ4n) is 5.44.